The number of rotatable bonds is 5. The number of hydrogen-bond acceptors (Lipinski definition) is 3. The zero-order valence-corrected chi connectivity index (χ0v) is 13.6. The van der Waals surface area contributed by atoms with Crippen molar-refractivity contribution in [2.45, 2.75) is 12.8 Å². The molecule has 0 aliphatic rings. The number of amides is 1. The number of aromatic nitrogens is 2. The highest BCUT2D eigenvalue weighted by molar-refractivity contribution is 9.10. The predicted octanol–water partition coefficient (Wildman–Crippen LogP) is 3.75. The summed E-state index contributed by atoms with van der Waals surface area (Å²) in [4.78, 5) is 19.3. The van der Waals surface area contributed by atoms with Crippen LogP contribution in [0.1, 0.15) is 21.9 Å². The van der Waals surface area contributed by atoms with Crippen LogP contribution in [-0.2, 0) is 6.42 Å². The molecule has 1 amide bonds. The first-order chi connectivity index (χ1) is 10.2. The molecule has 0 radical (unpaired) electrons. The lowest BCUT2D eigenvalue weighted by Gasteiger charge is -2.02. The summed E-state index contributed by atoms with van der Waals surface area (Å²) in [5, 5.41) is 4.02. The van der Waals surface area contributed by atoms with Crippen molar-refractivity contribution in [1.29, 1.82) is 0 Å². The number of fused-ring (bicyclic) bond motifs is 1. The van der Waals surface area contributed by atoms with Gasteiger partial charge in [0.15, 0.2) is 0 Å². The summed E-state index contributed by atoms with van der Waals surface area (Å²) in [6.45, 7) is 0.644. The van der Waals surface area contributed by atoms with Gasteiger partial charge in [0.25, 0.3) is 5.91 Å². The van der Waals surface area contributed by atoms with Gasteiger partial charge in [0, 0.05) is 23.6 Å². The summed E-state index contributed by atoms with van der Waals surface area (Å²) < 4.78 is 2.09. The first-order valence-electron chi connectivity index (χ1n) is 6.69. The van der Waals surface area contributed by atoms with Crippen LogP contribution in [0.25, 0.3) is 10.2 Å². The molecule has 0 saturated heterocycles. The number of thiazole rings is 1. The number of halogens is 1. The van der Waals surface area contributed by atoms with Crippen LogP contribution in [0.2, 0.25) is 0 Å². The summed E-state index contributed by atoms with van der Waals surface area (Å²) >= 11 is 5.03. The molecule has 2 heterocycles. The number of aromatic amines is 1. The van der Waals surface area contributed by atoms with Gasteiger partial charge in [0.2, 0.25) is 0 Å². The molecule has 0 aliphatic carbocycles. The van der Waals surface area contributed by atoms with E-state index in [1.54, 1.807) is 23.6 Å². The van der Waals surface area contributed by atoms with E-state index < -0.39 is 0 Å². The molecule has 0 atom stereocenters. The Morgan fingerprint density at radius 1 is 1.38 bits per heavy atom. The van der Waals surface area contributed by atoms with Gasteiger partial charge in [-0.3, -0.25) is 4.79 Å². The SMILES string of the molecule is O=C(NCCCc1nc2ccccc2s1)c1cc(Br)c[nH]1. The monoisotopic (exact) mass is 363 g/mol. The lowest BCUT2D eigenvalue weighted by atomic mass is 10.3. The minimum absolute atomic E-state index is 0.0787. The Morgan fingerprint density at radius 3 is 3.00 bits per heavy atom. The van der Waals surface area contributed by atoms with E-state index in [-0.39, 0.29) is 5.91 Å². The fraction of sp³-hybridized carbons (Fsp3) is 0.200. The molecule has 1 aromatic carbocycles. The van der Waals surface area contributed by atoms with E-state index in [1.165, 1.54) is 4.70 Å². The standard InChI is InChI=1S/C15H14BrN3OS/c16-10-8-12(18-9-10)15(20)17-7-3-6-14-19-11-4-1-2-5-13(11)21-14/h1-2,4-5,8-9,18H,3,6-7H2,(H,17,20). The van der Waals surface area contributed by atoms with E-state index >= 15 is 0 Å². The van der Waals surface area contributed by atoms with Crippen molar-refractivity contribution in [2.24, 2.45) is 0 Å². The van der Waals surface area contributed by atoms with Crippen LogP contribution in [-0.4, -0.2) is 22.4 Å². The Morgan fingerprint density at radius 2 is 2.24 bits per heavy atom. The van der Waals surface area contributed by atoms with Crippen LogP contribution in [0.3, 0.4) is 0 Å². The van der Waals surface area contributed by atoms with Crippen LogP contribution in [0.5, 0.6) is 0 Å². The van der Waals surface area contributed by atoms with Crippen molar-refractivity contribution < 1.29 is 4.79 Å². The third kappa shape index (κ3) is 3.51. The van der Waals surface area contributed by atoms with Crippen LogP contribution in [0.15, 0.2) is 41.0 Å². The lowest BCUT2D eigenvalue weighted by molar-refractivity contribution is 0.0949. The molecule has 0 aliphatic heterocycles. The number of para-hydroxylation sites is 1. The van der Waals surface area contributed by atoms with Gasteiger partial charge in [0.05, 0.1) is 15.2 Å². The van der Waals surface area contributed by atoms with E-state index in [2.05, 4.69) is 37.3 Å². The average molecular weight is 364 g/mol. The molecule has 6 heteroatoms. The van der Waals surface area contributed by atoms with Crippen molar-refractivity contribution in [2.75, 3.05) is 6.54 Å². The molecule has 2 N–H and O–H groups in total. The largest absolute Gasteiger partial charge is 0.356 e. The molecular weight excluding hydrogens is 350 g/mol. The zero-order valence-electron chi connectivity index (χ0n) is 11.2. The Hall–Kier alpha value is -1.66. The van der Waals surface area contributed by atoms with Gasteiger partial charge in [0.1, 0.15) is 5.69 Å². The maximum atomic E-state index is 11.8. The maximum absolute atomic E-state index is 11.8. The molecule has 108 valence electrons. The van der Waals surface area contributed by atoms with Gasteiger partial charge in [-0.2, -0.15) is 0 Å². The van der Waals surface area contributed by atoms with E-state index in [0.29, 0.717) is 12.2 Å². The Bertz CT molecular complexity index is 732. The Labute approximate surface area is 134 Å². The lowest BCUT2D eigenvalue weighted by Crippen LogP contribution is -2.25. The second-order valence-corrected chi connectivity index (χ2v) is 6.70. The summed E-state index contributed by atoms with van der Waals surface area (Å²) in [6, 6.07) is 9.91. The van der Waals surface area contributed by atoms with Crippen LogP contribution in [0, 0.1) is 0 Å². The minimum Gasteiger partial charge on any atom is -0.356 e. The maximum Gasteiger partial charge on any atom is 0.267 e. The highest BCUT2D eigenvalue weighted by atomic mass is 79.9. The van der Waals surface area contributed by atoms with Gasteiger partial charge < -0.3 is 10.3 Å². The van der Waals surface area contributed by atoms with Crippen molar-refractivity contribution in [3.8, 4) is 0 Å². The van der Waals surface area contributed by atoms with Crippen molar-refractivity contribution in [3.63, 3.8) is 0 Å². The highest BCUT2D eigenvalue weighted by Gasteiger charge is 2.07. The summed E-state index contributed by atoms with van der Waals surface area (Å²) in [5.74, 6) is -0.0787. The third-order valence-corrected chi connectivity index (χ3v) is 4.64. The molecule has 3 rings (SSSR count). The summed E-state index contributed by atoms with van der Waals surface area (Å²) in [7, 11) is 0. The average Bonchev–Trinajstić information content (AvgIpc) is 3.09. The first-order valence-corrected chi connectivity index (χ1v) is 8.30. The Kier molecular flexibility index (Phi) is 4.36. The molecule has 2 aromatic heterocycles. The van der Waals surface area contributed by atoms with Crippen LogP contribution < -0.4 is 5.32 Å². The van der Waals surface area contributed by atoms with E-state index in [1.807, 2.05) is 18.2 Å². The van der Waals surface area contributed by atoms with Gasteiger partial charge in [-0.05, 0) is 40.5 Å². The summed E-state index contributed by atoms with van der Waals surface area (Å²) in [5.41, 5.74) is 1.62. The number of benzene rings is 1. The molecule has 0 unspecified atom stereocenters. The van der Waals surface area contributed by atoms with Crippen LogP contribution in [0.4, 0.5) is 0 Å². The quantitative estimate of drug-likeness (QED) is 0.678. The van der Waals surface area contributed by atoms with Crippen LogP contribution >= 0.6 is 27.3 Å². The van der Waals surface area contributed by atoms with E-state index in [0.717, 1.165) is 27.8 Å². The fourth-order valence-electron chi connectivity index (χ4n) is 2.06. The highest BCUT2D eigenvalue weighted by Crippen LogP contribution is 2.22. The van der Waals surface area contributed by atoms with Gasteiger partial charge in [-0.15, -0.1) is 11.3 Å². The van der Waals surface area contributed by atoms with E-state index in [9.17, 15) is 4.79 Å². The van der Waals surface area contributed by atoms with Gasteiger partial charge >= 0.3 is 0 Å². The minimum atomic E-state index is -0.0787. The van der Waals surface area contributed by atoms with Crippen molar-refractivity contribution >= 4 is 43.4 Å². The predicted molar refractivity (Wildman–Crippen MR) is 88.8 cm³/mol. The number of carbonyl (C=O) groups is 1. The van der Waals surface area contributed by atoms with Crippen molar-refractivity contribution in [3.05, 3.63) is 51.7 Å². The number of aryl methyl sites for hydroxylation is 1. The van der Waals surface area contributed by atoms with Crippen molar-refractivity contribution in [1.82, 2.24) is 15.3 Å². The number of hydrogen-bond donors (Lipinski definition) is 2. The number of H-pyrrole nitrogens is 1. The Balaban J connectivity index is 1.49. The third-order valence-electron chi connectivity index (χ3n) is 3.08. The topological polar surface area (TPSA) is 57.8 Å². The van der Waals surface area contributed by atoms with Gasteiger partial charge in [-0.1, -0.05) is 12.1 Å². The smallest absolute Gasteiger partial charge is 0.267 e. The molecule has 3 aromatic rings. The molecule has 0 spiro atoms. The zero-order chi connectivity index (χ0) is 14.7. The normalized spacial score (nSPS) is 10.9. The van der Waals surface area contributed by atoms with E-state index in [4.69, 9.17) is 0 Å². The summed E-state index contributed by atoms with van der Waals surface area (Å²) in [6.07, 6.45) is 3.51. The number of nitrogens with zero attached hydrogens (tertiary/aromatic N) is 1. The first kappa shape index (κ1) is 14.3. The second kappa shape index (κ2) is 6.41. The van der Waals surface area contributed by atoms with Gasteiger partial charge in [-0.25, -0.2) is 4.98 Å². The number of carbonyl (C=O) groups excluding carboxylic acids is 1. The second-order valence-electron chi connectivity index (χ2n) is 4.67. The molecular formula is C15H14BrN3OS. The molecule has 0 fully saturated rings. The number of nitrogens with one attached hydrogen (secondary N) is 2. The molecule has 21 heavy (non-hydrogen) atoms. The molecule has 0 bridgehead atoms. The fourth-order valence-corrected chi connectivity index (χ4v) is 3.42. The molecule has 0 saturated carbocycles. The molecule has 4 nitrogen and oxygen atoms in total.